The van der Waals surface area contributed by atoms with E-state index in [1.165, 1.54) is 0 Å². The molecule has 0 amide bonds. The monoisotopic (exact) mass is 374 g/mol. The second-order valence-corrected chi connectivity index (χ2v) is 7.60. The highest BCUT2D eigenvalue weighted by molar-refractivity contribution is 6.30. The predicted molar refractivity (Wildman–Crippen MR) is 105 cm³/mol. The van der Waals surface area contributed by atoms with Gasteiger partial charge in [0, 0.05) is 24.7 Å². The first-order chi connectivity index (χ1) is 12.3. The van der Waals surface area contributed by atoms with E-state index in [2.05, 4.69) is 30.4 Å². The summed E-state index contributed by atoms with van der Waals surface area (Å²) in [4.78, 5) is 8.81. The maximum atomic E-state index is 14.6. The Balaban J connectivity index is 2.11. The molecule has 2 aromatic rings. The fourth-order valence-electron chi connectivity index (χ4n) is 3.64. The van der Waals surface area contributed by atoms with Crippen molar-refractivity contribution in [3.8, 4) is 0 Å². The molecule has 1 aliphatic rings. The summed E-state index contributed by atoms with van der Waals surface area (Å²) >= 11 is 6.20. The molecule has 2 aromatic heterocycles. The summed E-state index contributed by atoms with van der Waals surface area (Å²) < 4.78 is 16.6. The van der Waals surface area contributed by atoms with E-state index in [1.807, 2.05) is 17.5 Å². The Morgan fingerprint density at radius 3 is 2.85 bits per heavy atom. The highest BCUT2D eigenvalue weighted by Gasteiger charge is 2.31. The third-order valence-electron chi connectivity index (χ3n) is 4.77. The zero-order valence-corrected chi connectivity index (χ0v) is 16.1. The fraction of sp³-hybridized carbons (Fsp3) is 0.400. The molecule has 6 heteroatoms. The molecule has 3 rings (SSSR count). The lowest BCUT2D eigenvalue weighted by molar-refractivity contribution is 0.327. The Labute approximate surface area is 158 Å². The average molecular weight is 375 g/mol. The lowest BCUT2D eigenvalue weighted by Crippen LogP contribution is -2.23. The molecule has 2 unspecified atom stereocenters. The average Bonchev–Trinajstić information content (AvgIpc) is 2.89. The van der Waals surface area contributed by atoms with Crippen LogP contribution in [0.15, 0.2) is 47.3 Å². The lowest BCUT2D eigenvalue weighted by atomic mass is 9.80. The number of halogens is 2. The van der Waals surface area contributed by atoms with Gasteiger partial charge < -0.3 is 5.73 Å². The summed E-state index contributed by atoms with van der Waals surface area (Å²) in [5, 5.41) is 0.219. The van der Waals surface area contributed by atoms with E-state index in [0.29, 0.717) is 18.2 Å². The van der Waals surface area contributed by atoms with E-state index >= 15 is 0 Å². The molecule has 2 atom stereocenters. The Hall–Kier alpha value is -2.14. The topological polar surface area (TPSA) is 56.2 Å². The molecule has 0 radical (unpaired) electrons. The van der Waals surface area contributed by atoms with Gasteiger partial charge in [0.1, 0.15) is 23.3 Å². The molecule has 26 heavy (non-hydrogen) atoms. The standard InChI is InChI=1S/C20H24ClFN4/c1-5-14-15(8-11(2)3)13(9-16(21)18(14)22)10-17-25-12(4)19-20(23)24-6-7-26(17)19/h5-7,9,11,14,18H,1,8,10H2,2-4H3,(H2,23,24). The van der Waals surface area contributed by atoms with Crippen molar-refractivity contribution in [2.45, 2.75) is 39.8 Å². The fourth-order valence-corrected chi connectivity index (χ4v) is 3.91. The SMILES string of the molecule is C=CC1C(CC(C)C)=C(Cc2nc(C)c3c(N)nccn23)C=C(Cl)C1F. The molecule has 0 saturated heterocycles. The summed E-state index contributed by atoms with van der Waals surface area (Å²) in [7, 11) is 0. The number of anilines is 1. The van der Waals surface area contributed by atoms with Gasteiger partial charge in [-0.15, -0.1) is 6.58 Å². The van der Waals surface area contributed by atoms with Crippen molar-refractivity contribution in [3.05, 3.63) is 58.8 Å². The molecule has 2 heterocycles. The molecule has 0 fully saturated rings. The van der Waals surface area contributed by atoms with Crippen LogP contribution in [0, 0.1) is 18.8 Å². The number of aryl methyl sites for hydroxylation is 1. The number of alkyl halides is 1. The van der Waals surface area contributed by atoms with Gasteiger partial charge in [0.2, 0.25) is 0 Å². The summed E-state index contributed by atoms with van der Waals surface area (Å²) in [6.07, 6.45) is 7.03. The third-order valence-corrected chi connectivity index (χ3v) is 5.08. The molecular formula is C20H24ClFN4. The first kappa shape index (κ1) is 18.6. The molecule has 0 aromatic carbocycles. The van der Waals surface area contributed by atoms with Gasteiger partial charge in [-0.3, -0.25) is 4.40 Å². The summed E-state index contributed by atoms with van der Waals surface area (Å²) in [5.41, 5.74) is 9.68. The third kappa shape index (κ3) is 3.28. The normalized spacial score (nSPS) is 20.8. The number of rotatable bonds is 5. The molecular weight excluding hydrogens is 351 g/mol. The number of imidazole rings is 1. The Morgan fingerprint density at radius 1 is 1.46 bits per heavy atom. The van der Waals surface area contributed by atoms with Crippen LogP contribution in [0.5, 0.6) is 0 Å². The second-order valence-electron chi connectivity index (χ2n) is 7.16. The molecule has 4 nitrogen and oxygen atoms in total. The number of nitrogen functional groups attached to an aromatic ring is 1. The Morgan fingerprint density at radius 2 is 2.19 bits per heavy atom. The van der Waals surface area contributed by atoms with Crippen molar-refractivity contribution in [1.82, 2.24) is 14.4 Å². The minimum atomic E-state index is -1.23. The maximum Gasteiger partial charge on any atom is 0.149 e. The number of allylic oxidation sites excluding steroid dienone is 5. The second kappa shape index (κ2) is 7.23. The first-order valence-electron chi connectivity index (χ1n) is 8.77. The molecule has 0 bridgehead atoms. The van der Waals surface area contributed by atoms with Crippen LogP contribution >= 0.6 is 11.6 Å². The van der Waals surface area contributed by atoms with Crippen molar-refractivity contribution in [2.24, 2.45) is 11.8 Å². The number of nitrogens with zero attached hydrogens (tertiary/aromatic N) is 3. The molecule has 138 valence electrons. The van der Waals surface area contributed by atoms with Crippen molar-refractivity contribution in [3.63, 3.8) is 0 Å². The van der Waals surface area contributed by atoms with Crippen LogP contribution < -0.4 is 5.73 Å². The number of nitrogens with two attached hydrogens (primary N) is 1. The van der Waals surface area contributed by atoms with Crippen LogP contribution in [0.1, 0.15) is 31.8 Å². The van der Waals surface area contributed by atoms with Crippen molar-refractivity contribution >= 4 is 22.9 Å². The highest BCUT2D eigenvalue weighted by atomic mass is 35.5. The van der Waals surface area contributed by atoms with Gasteiger partial charge in [-0.1, -0.05) is 37.1 Å². The van der Waals surface area contributed by atoms with Gasteiger partial charge >= 0.3 is 0 Å². The Bertz CT molecular complexity index is 910. The van der Waals surface area contributed by atoms with E-state index in [0.717, 1.165) is 34.6 Å². The zero-order valence-electron chi connectivity index (χ0n) is 15.3. The zero-order chi connectivity index (χ0) is 19.0. The van der Waals surface area contributed by atoms with Crippen molar-refractivity contribution in [2.75, 3.05) is 5.73 Å². The highest BCUT2D eigenvalue weighted by Crippen LogP contribution is 2.39. The quantitative estimate of drug-likeness (QED) is 0.766. The van der Waals surface area contributed by atoms with E-state index in [1.54, 1.807) is 18.3 Å². The van der Waals surface area contributed by atoms with Crippen LogP contribution in [0.2, 0.25) is 0 Å². The lowest BCUT2D eigenvalue weighted by Gasteiger charge is -2.29. The Kier molecular flexibility index (Phi) is 5.19. The minimum absolute atomic E-state index is 0.219. The first-order valence-corrected chi connectivity index (χ1v) is 9.14. The number of hydrogen-bond donors (Lipinski definition) is 1. The van der Waals surface area contributed by atoms with Gasteiger partial charge in [0.05, 0.1) is 10.7 Å². The number of hydrogen-bond acceptors (Lipinski definition) is 3. The smallest absolute Gasteiger partial charge is 0.149 e. The number of aromatic nitrogens is 3. The van der Waals surface area contributed by atoms with Crippen LogP contribution in [0.25, 0.3) is 5.52 Å². The molecule has 0 aliphatic heterocycles. The van der Waals surface area contributed by atoms with Crippen molar-refractivity contribution in [1.29, 1.82) is 0 Å². The van der Waals surface area contributed by atoms with Gasteiger partial charge in [-0.2, -0.15) is 0 Å². The van der Waals surface area contributed by atoms with Gasteiger partial charge in [0.25, 0.3) is 0 Å². The summed E-state index contributed by atoms with van der Waals surface area (Å²) in [5.74, 6) is 1.29. The van der Waals surface area contributed by atoms with Crippen LogP contribution in [0.4, 0.5) is 10.2 Å². The summed E-state index contributed by atoms with van der Waals surface area (Å²) in [6.45, 7) is 9.99. The van der Waals surface area contributed by atoms with E-state index in [-0.39, 0.29) is 5.03 Å². The largest absolute Gasteiger partial charge is 0.382 e. The van der Waals surface area contributed by atoms with Crippen molar-refractivity contribution < 1.29 is 4.39 Å². The predicted octanol–water partition coefficient (Wildman–Crippen LogP) is 4.78. The molecule has 2 N–H and O–H groups in total. The van der Waals surface area contributed by atoms with E-state index in [4.69, 9.17) is 17.3 Å². The van der Waals surface area contributed by atoms with Crippen LogP contribution in [-0.2, 0) is 6.42 Å². The van der Waals surface area contributed by atoms with E-state index < -0.39 is 12.1 Å². The van der Waals surface area contributed by atoms with Crippen LogP contribution in [-0.4, -0.2) is 20.5 Å². The maximum absolute atomic E-state index is 14.6. The number of fused-ring (bicyclic) bond motifs is 1. The molecule has 1 aliphatic carbocycles. The van der Waals surface area contributed by atoms with Gasteiger partial charge in [0.15, 0.2) is 0 Å². The molecule has 0 spiro atoms. The van der Waals surface area contributed by atoms with E-state index in [9.17, 15) is 4.39 Å². The van der Waals surface area contributed by atoms with Gasteiger partial charge in [-0.05, 0) is 30.9 Å². The van der Waals surface area contributed by atoms with Crippen LogP contribution in [0.3, 0.4) is 0 Å². The molecule has 0 saturated carbocycles. The van der Waals surface area contributed by atoms with Gasteiger partial charge in [-0.25, -0.2) is 14.4 Å². The summed E-state index contributed by atoms with van der Waals surface area (Å²) in [6, 6.07) is 0. The minimum Gasteiger partial charge on any atom is -0.382 e.